The molecule has 1 aromatic heterocycles. The van der Waals surface area contributed by atoms with Gasteiger partial charge < -0.3 is 10.4 Å². The number of hydrogen-bond acceptors (Lipinski definition) is 3. The molecule has 0 aliphatic carbocycles. The number of carboxylic acids is 1. The molecule has 1 unspecified atom stereocenters. The monoisotopic (exact) mass is 381 g/mol. The number of benzene rings is 1. The molecule has 0 radical (unpaired) electrons. The molecule has 2 N–H and O–H groups in total. The summed E-state index contributed by atoms with van der Waals surface area (Å²) in [5, 5.41) is 13.8. The van der Waals surface area contributed by atoms with Crippen molar-refractivity contribution in [3.8, 4) is 0 Å². The average molecular weight is 382 g/mol. The summed E-state index contributed by atoms with van der Waals surface area (Å²) in [6.45, 7) is 0. The van der Waals surface area contributed by atoms with E-state index in [1.54, 1.807) is 11.3 Å². The summed E-state index contributed by atoms with van der Waals surface area (Å²) in [6.07, 6.45) is 0.883. The van der Waals surface area contributed by atoms with E-state index in [9.17, 15) is 9.59 Å². The van der Waals surface area contributed by atoms with Crippen LogP contribution in [0.5, 0.6) is 0 Å². The van der Waals surface area contributed by atoms with E-state index >= 15 is 0 Å². The van der Waals surface area contributed by atoms with Crippen LogP contribution in [-0.4, -0.2) is 17.0 Å². The first-order chi connectivity index (χ1) is 10.5. The molecule has 0 aliphatic rings. The molecule has 0 aliphatic heterocycles. The van der Waals surface area contributed by atoms with Crippen molar-refractivity contribution in [2.75, 3.05) is 0 Å². The van der Waals surface area contributed by atoms with E-state index < -0.39 is 12.0 Å². The number of halogens is 1. The third-order valence-corrected chi connectivity index (χ3v) is 4.57. The van der Waals surface area contributed by atoms with Crippen molar-refractivity contribution in [3.05, 3.63) is 56.7 Å². The molecule has 1 heterocycles. The fourth-order valence-electron chi connectivity index (χ4n) is 2.11. The van der Waals surface area contributed by atoms with Crippen LogP contribution < -0.4 is 5.32 Å². The van der Waals surface area contributed by atoms with Crippen LogP contribution in [0.4, 0.5) is 0 Å². The highest BCUT2D eigenvalue weighted by Crippen LogP contribution is 2.21. The summed E-state index contributed by atoms with van der Waals surface area (Å²) in [4.78, 5) is 24.3. The molecule has 1 atom stereocenters. The molecule has 6 heteroatoms. The number of thiophene rings is 1. The number of amides is 1. The Labute approximate surface area is 141 Å². The van der Waals surface area contributed by atoms with Crippen LogP contribution >= 0.6 is 27.3 Å². The van der Waals surface area contributed by atoms with Gasteiger partial charge in [0.05, 0.1) is 12.5 Å². The Kier molecular flexibility index (Phi) is 6.15. The minimum absolute atomic E-state index is 0.138. The van der Waals surface area contributed by atoms with Gasteiger partial charge in [0.15, 0.2) is 0 Å². The standard InChI is InChI=1S/C16H16BrNO3S/c17-12-4-1-3-11(9-12)14(10-16(20)21)18-15(19)7-6-13-5-2-8-22-13/h1-5,8-9,14H,6-7,10H2,(H,18,19)(H,20,21). The minimum Gasteiger partial charge on any atom is -0.481 e. The maximum absolute atomic E-state index is 12.1. The summed E-state index contributed by atoms with van der Waals surface area (Å²) in [5.41, 5.74) is 0.779. The zero-order valence-electron chi connectivity index (χ0n) is 11.8. The van der Waals surface area contributed by atoms with E-state index in [1.807, 2.05) is 41.8 Å². The number of aliphatic carboxylic acids is 1. The van der Waals surface area contributed by atoms with Crippen LogP contribution in [0.1, 0.15) is 29.3 Å². The molecule has 0 bridgehead atoms. The number of carbonyl (C=O) groups is 2. The molecule has 2 rings (SSSR count). The lowest BCUT2D eigenvalue weighted by molar-refractivity contribution is -0.137. The van der Waals surface area contributed by atoms with E-state index in [1.165, 1.54) is 0 Å². The molecule has 0 spiro atoms. The first kappa shape index (κ1) is 16.7. The van der Waals surface area contributed by atoms with Crippen LogP contribution in [-0.2, 0) is 16.0 Å². The van der Waals surface area contributed by atoms with Crippen molar-refractivity contribution in [3.63, 3.8) is 0 Å². The summed E-state index contributed by atoms with van der Waals surface area (Å²) in [7, 11) is 0. The second kappa shape index (κ2) is 8.10. The largest absolute Gasteiger partial charge is 0.481 e. The van der Waals surface area contributed by atoms with Crippen molar-refractivity contribution in [2.45, 2.75) is 25.3 Å². The molecular formula is C16H16BrNO3S. The van der Waals surface area contributed by atoms with Gasteiger partial charge in [0, 0.05) is 15.8 Å². The summed E-state index contributed by atoms with van der Waals surface area (Å²) in [6, 6.07) is 10.7. The third kappa shape index (κ3) is 5.27. The predicted octanol–water partition coefficient (Wildman–Crippen LogP) is 3.78. The molecule has 116 valence electrons. The number of aryl methyl sites for hydroxylation is 1. The van der Waals surface area contributed by atoms with Crippen molar-refractivity contribution < 1.29 is 14.7 Å². The Morgan fingerprint density at radius 1 is 1.27 bits per heavy atom. The van der Waals surface area contributed by atoms with Gasteiger partial charge in [-0.3, -0.25) is 9.59 Å². The van der Waals surface area contributed by atoms with E-state index in [2.05, 4.69) is 21.2 Å². The zero-order chi connectivity index (χ0) is 15.9. The average Bonchev–Trinajstić information content (AvgIpc) is 2.97. The molecular weight excluding hydrogens is 366 g/mol. The lowest BCUT2D eigenvalue weighted by Gasteiger charge is -2.17. The normalized spacial score (nSPS) is 11.9. The molecule has 0 fully saturated rings. The van der Waals surface area contributed by atoms with E-state index in [0.717, 1.165) is 14.9 Å². The highest BCUT2D eigenvalue weighted by Gasteiger charge is 2.18. The van der Waals surface area contributed by atoms with Gasteiger partial charge in [0.2, 0.25) is 5.91 Å². The van der Waals surface area contributed by atoms with Crippen LogP contribution in [0, 0.1) is 0 Å². The second-order valence-electron chi connectivity index (χ2n) is 4.85. The van der Waals surface area contributed by atoms with Crippen LogP contribution in [0.2, 0.25) is 0 Å². The van der Waals surface area contributed by atoms with Gasteiger partial charge in [-0.25, -0.2) is 0 Å². The number of carboxylic acid groups (broad SMARTS) is 1. The quantitative estimate of drug-likeness (QED) is 0.766. The van der Waals surface area contributed by atoms with E-state index in [-0.39, 0.29) is 12.3 Å². The van der Waals surface area contributed by atoms with E-state index in [0.29, 0.717) is 12.8 Å². The minimum atomic E-state index is -0.941. The molecule has 2 aromatic rings. The third-order valence-electron chi connectivity index (χ3n) is 3.14. The first-order valence-corrected chi connectivity index (χ1v) is 8.51. The molecule has 0 saturated heterocycles. The fourth-order valence-corrected chi connectivity index (χ4v) is 3.23. The Morgan fingerprint density at radius 2 is 2.09 bits per heavy atom. The Hall–Kier alpha value is -1.66. The molecule has 22 heavy (non-hydrogen) atoms. The van der Waals surface area contributed by atoms with Crippen LogP contribution in [0.25, 0.3) is 0 Å². The van der Waals surface area contributed by atoms with Crippen molar-refractivity contribution >= 4 is 39.1 Å². The number of rotatable bonds is 7. The molecule has 0 saturated carbocycles. The molecule has 1 aromatic carbocycles. The van der Waals surface area contributed by atoms with Gasteiger partial charge in [-0.2, -0.15) is 0 Å². The number of nitrogens with one attached hydrogen (secondary N) is 1. The van der Waals surface area contributed by atoms with Crippen molar-refractivity contribution in [2.24, 2.45) is 0 Å². The molecule has 1 amide bonds. The number of hydrogen-bond donors (Lipinski definition) is 2. The number of carbonyl (C=O) groups excluding carboxylic acids is 1. The Bertz CT molecular complexity index is 643. The van der Waals surface area contributed by atoms with Crippen LogP contribution in [0.15, 0.2) is 46.3 Å². The Balaban J connectivity index is 1.99. The van der Waals surface area contributed by atoms with Crippen LogP contribution in [0.3, 0.4) is 0 Å². The predicted molar refractivity (Wildman–Crippen MR) is 89.9 cm³/mol. The first-order valence-electron chi connectivity index (χ1n) is 6.83. The zero-order valence-corrected chi connectivity index (χ0v) is 14.2. The lowest BCUT2D eigenvalue weighted by atomic mass is 10.0. The van der Waals surface area contributed by atoms with Gasteiger partial charge in [-0.15, -0.1) is 11.3 Å². The lowest BCUT2D eigenvalue weighted by Crippen LogP contribution is -2.30. The SMILES string of the molecule is O=C(O)CC(NC(=O)CCc1cccs1)c1cccc(Br)c1. The highest BCUT2D eigenvalue weighted by atomic mass is 79.9. The smallest absolute Gasteiger partial charge is 0.305 e. The van der Waals surface area contributed by atoms with Crippen molar-refractivity contribution in [1.82, 2.24) is 5.32 Å². The second-order valence-corrected chi connectivity index (χ2v) is 6.80. The van der Waals surface area contributed by atoms with Gasteiger partial charge in [0.25, 0.3) is 0 Å². The summed E-state index contributed by atoms with van der Waals surface area (Å²) >= 11 is 4.97. The maximum atomic E-state index is 12.1. The van der Waals surface area contributed by atoms with Gasteiger partial charge in [-0.1, -0.05) is 34.1 Å². The molecule has 4 nitrogen and oxygen atoms in total. The Morgan fingerprint density at radius 3 is 2.73 bits per heavy atom. The van der Waals surface area contributed by atoms with E-state index in [4.69, 9.17) is 5.11 Å². The topological polar surface area (TPSA) is 66.4 Å². The fraction of sp³-hybridized carbons (Fsp3) is 0.250. The van der Waals surface area contributed by atoms with Gasteiger partial charge >= 0.3 is 5.97 Å². The highest BCUT2D eigenvalue weighted by molar-refractivity contribution is 9.10. The van der Waals surface area contributed by atoms with Gasteiger partial charge in [0.1, 0.15) is 0 Å². The maximum Gasteiger partial charge on any atom is 0.305 e. The summed E-state index contributed by atoms with van der Waals surface area (Å²) in [5.74, 6) is -1.08. The van der Waals surface area contributed by atoms with Crippen molar-refractivity contribution in [1.29, 1.82) is 0 Å². The summed E-state index contributed by atoms with van der Waals surface area (Å²) < 4.78 is 0.855. The van der Waals surface area contributed by atoms with Gasteiger partial charge in [-0.05, 0) is 35.6 Å².